The van der Waals surface area contributed by atoms with Crippen LogP contribution in [0.25, 0.3) is 11.2 Å². The molecule has 28 heavy (non-hydrogen) atoms. The number of rotatable bonds is 6. The molecule has 0 unspecified atom stereocenters. The Labute approximate surface area is 159 Å². The summed E-state index contributed by atoms with van der Waals surface area (Å²) in [5.74, 6) is -0.433. The van der Waals surface area contributed by atoms with Gasteiger partial charge in [-0.25, -0.2) is 14.6 Å². The molecule has 0 bridgehead atoms. The van der Waals surface area contributed by atoms with Crippen molar-refractivity contribution in [3.8, 4) is 0 Å². The third kappa shape index (κ3) is 3.35. The van der Waals surface area contributed by atoms with E-state index in [0.29, 0.717) is 0 Å². The van der Waals surface area contributed by atoms with Crippen molar-refractivity contribution in [1.29, 1.82) is 0 Å². The van der Waals surface area contributed by atoms with Crippen molar-refractivity contribution in [3.05, 3.63) is 35.9 Å². The molecule has 2 aromatic heterocycles. The van der Waals surface area contributed by atoms with Crippen LogP contribution in [0.2, 0.25) is 0 Å². The van der Waals surface area contributed by atoms with E-state index in [4.69, 9.17) is 10.6 Å². The summed E-state index contributed by atoms with van der Waals surface area (Å²) < 4.78 is 15.8. The fourth-order valence-corrected chi connectivity index (χ4v) is 3.39. The summed E-state index contributed by atoms with van der Waals surface area (Å²) in [4.78, 5) is 13.6. The molecule has 0 saturated heterocycles. The number of nitrogens with zero attached hydrogens (tertiary/aromatic N) is 5. The molecule has 2 heterocycles. The fraction of sp³-hybridized carbons (Fsp3) is 0.412. The SMILES string of the molecule is Nc1nc(NOCc2ccccc2)c2nnn([C@@H]3C[C@H](CO)[C@@H](O)[C@@H]3F)c2n1. The Morgan fingerprint density at radius 1 is 1.29 bits per heavy atom. The highest BCUT2D eigenvalue weighted by molar-refractivity contribution is 5.83. The highest BCUT2D eigenvalue weighted by atomic mass is 19.1. The molecule has 1 saturated carbocycles. The van der Waals surface area contributed by atoms with E-state index in [-0.39, 0.29) is 42.6 Å². The minimum atomic E-state index is -1.61. The number of nitrogens with one attached hydrogen (secondary N) is 1. The number of halogens is 1. The maximum atomic E-state index is 14.5. The summed E-state index contributed by atoms with van der Waals surface area (Å²) in [7, 11) is 0. The van der Waals surface area contributed by atoms with Crippen LogP contribution in [0.5, 0.6) is 0 Å². The molecule has 0 aliphatic heterocycles. The molecule has 11 heteroatoms. The van der Waals surface area contributed by atoms with E-state index < -0.39 is 24.2 Å². The lowest BCUT2D eigenvalue weighted by molar-refractivity contribution is 0.0392. The number of hydrogen-bond donors (Lipinski definition) is 4. The number of fused-ring (bicyclic) bond motifs is 1. The predicted octanol–water partition coefficient (Wildman–Crippen LogP) is 0.599. The summed E-state index contributed by atoms with van der Waals surface area (Å²) in [6.45, 7) is -0.0398. The van der Waals surface area contributed by atoms with Crippen LogP contribution in [-0.4, -0.2) is 54.1 Å². The summed E-state index contributed by atoms with van der Waals surface area (Å²) in [5, 5.41) is 27.3. The zero-order valence-electron chi connectivity index (χ0n) is 14.8. The average Bonchev–Trinajstić information content (AvgIpc) is 3.24. The van der Waals surface area contributed by atoms with Gasteiger partial charge in [-0.3, -0.25) is 4.84 Å². The van der Waals surface area contributed by atoms with Crippen molar-refractivity contribution >= 4 is 22.9 Å². The number of hydrogen-bond acceptors (Lipinski definition) is 9. The van der Waals surface area contributed by atoms with Crippen LogP contribution in [0.1, 0.15) is 18.0 Å². The third-order valence-electron chi connectivity index (χ3n) is 4.86. The molecule has 1 aromatic carbocycles. The topological polar surface area (TPSA) is 144 Å². The number of nitrogens with two attached hydrogens (primary N) is 1. The van der Waals surface area contributed by atoms with E-state index in [1.54, 1.807) is 0 Å². The summed E-state index contributed by atoms with van der Waals surface area (Å²) >= 11 is 0. The number of aliphatic hydroxyl groups is 2. The normalized spacial score (nSPS) is 24.7. The Kier molecular flexibility index (Phi) is 5.03. The monoisotopic (exact) mass is 389 g/mol. The average molecular weight is 389 g/mol. The first-order valence-corrected chi connectivity index (χ1v) is 8.81. The number of benzene rings is 1. The van der Waals surface area contributed by atoms with Gasteiger partial charge < -0.3 is 15.9 Å². The number of alkyl halides is 1. The Hall–Kier alpha value is -2.89. The summed E-state index contributed by atoms with van der Waals surface area (Å²) in [6, 6.07) is 8.70. The van der Waals surface area contributed by atoms with Crippen molar-refractivity contribution in [3.63, 3.8) is 0 Å². The minimum Gasteiger partial charge on any atom is -0.396 e. The molecular weight excluding hydrogens is 369 g/mol. The maximum Gasteiger partial charge on any atom is 0.224 e. The van der Waals surface area contributed by atoms with Crippen LogP contribution in [0, 0.1) is 5.92 Å². The lowest BCUT2D eigenvalue weighted by Gasteiger charge is -2.14. The van der Waals surface area contributed by atoms with Gasteiger partial charge in [-0.2, -0.15) is 9.97 Å². The van der Waals surface area contributed by atoms with Crippen LogP contribution >= 0.6 is 0 Å². The van der Waals surface area contributed by atoms with Crippen LogP contribution in [0.15, 0.2) is 30.3 Å². The van der Waals surface area contributed by atoms with Gasteiger partial charge in [0.05, 0.1) is 18.8 Å². The van der Waals surface area contributed by atoms with Gasteiger partial charge in [0.2, 0.25) is 5.95 Å². The number of anilines is 2. The molecule has 148 valence electrons. The van der Waals surface area contributed by atoms with Crippen molar-refractivity contribution in [1.82, 2.24) is 25.0 Å². The van der Waals surface area contributed by atoms with Crippen LogP contribution in [-0.2, 0) is 11.4 Å². The van der Waals surface area contributed by atoms with Gasteiger partial charge in [0.25, 0.3) is 0 Å². The highest BCUT2D eigenvalue weighted by Gasteiger charge is 2.45. The second-order valence-electron chi connectivity index (χ2n) is 6.69. The van der Waals surface area contributed by atoms with Gasteiger partial charge in [0, 0.05) is 12.5 Å². The lowest BCUT2D eigenvalue weighted by atomic mass is 10.1. The number of nitrogen functional groups attached to an aromatic ring is 1. The first-order valence-electron chi connectivity index (χ1n) is 8.81. The molecule has 1 fully saturated rings. The molecular formula is C17H20FN7O3. The van der Waals surface area contributed by atoms with Gasteiger partial charge in [-0.05, 0) is 12.0 Å². The van der Waals surface area contributed by atoms with Gasteiger partial charge in [0.15, 0.2) is 17.0 Å². The predicted molar refractivity (Wildman–Crippen MR) is 97.5 cm³/mol. The van der Waals surface area contributed by atoms with Crippen molar-refractivity contribution in [2.75, 3.05) is 17.8 Å². The zero-order chi connectivity index (χ0) is 19.7. The fourth-order valence-electron chi connectivity index (χ4n) is 3.39. The first-order chi connectivity index (χ1) is 13.6. The largest absolute Gasteiger partial charge is 0.396 e. The second kappa shape index (κ2) is 7.62. The Balaban J connectivity index is 1.58. The molecule has 0 radical (unpaired) electrons. The van der Waals surface area contributed by atoms with E-state index in [1.165, 1.54) is 4.68 Å². The van der Waals surface area contributed by atoms with Crippen molar-refractivity contribution in [2.24, 2.45) is 5.92 Å². The van der Waals surface area contributed by atoms with E-state index in [1.807, 2.05) is 30.3 Å². The molecule has 4 rings (SSSR count). The summed E-state index contributed by atoms with van der Waals surface area (Å²) in [5.41, 5.74) is 9.90. The third-order valence-corrected chi connectivity index (χ3v) is 4.86. The Morgan fingerprint density at radius 2 is 2.07 bits per heavy atom. The lowest BCUT2D eigenvalue weighted by Crippen LogP contribution is -2.27. The van der Waals surface area contributed by atoms with E-state index in [0.717, 1.165) is 5.56 Å². The molecule has 5 N–H and O–H groups in total. The summed E-state index contributed by atoms with van der Waals surface area (Å²) in [6.07, 6.45) is -2.68. The molecule has 10 nitrogen and oxygen atoms in total. The molecule has 0 spiro atoms. The number of aromatic nitrogens is 5. The van der Waals surface area contributed by atoms with Crippen LogP contribution in [0.4, 0.5) is 16.2 Å². The van der Waals surface area contributed by atoms with Gasteiger partial charge in [0.1, 0.15) is 6.17 Å². The standard InChI is InChI=1S/C17H20FN7O3/c18-12-11(6-10(7-26)14(12)27)25-16-13(22-24-25)15(20-17(19)21-16)23-28-8-9-4-2-1-3-5-9/h1-5,10-12,14,26-27H,6-8H2,(H3,19,20,21,23)/t10-,11-,12-,14-/m1/s1. The van der Waals surface area contributed by atoms with Gasteiger partial charge >= 0.3 is 0 Å². The molecule has 1 aliphatic carbocycles. The second-order valence-corrected chi connectivity index (χ2v) is 6.69. The minimum absolute atomic E-state index is 0.0606. The smallest absolute Gasteiger partial charge is 0.224 e. The quantitative estimate of drug-likeness (QED) is 0.445. The highest BCUT2D eigenvalue weighted by Crippen LogP contribution is 2.38. The van der Waals surface area contributed by atoms with Crippen molar-refractivity contribution in [2.45, 2.75) is 31.3 Å². The Morgan fingerprint density at radius 3 is 2.79 bits per heavy atom. The molecule has 4 atom stereocenters. The molecule has 3 aromatic rings. The number of aliphatic hydroxyl groups excluding tert-OH is 2. The van der Waals surface area contributed by atoms with Crippen LogP contribution < -0.4 is 11.2 Å². The zero-order valence-corrected chi connectivity index (χ0v) is 14.8. The van der Waals surface area contributed by atoms with Crippen molar-refractivity contribution < 1.29 is 19.4 Å². The maximum absolute atomic E-state index is 14.5. The van der Waals surface area contributed by atoms with E-state index in [9.17, 15) is 14.6 Å². The Bertz CT molecular complexity index is 955. The van der Waals surface area contributed by atoms with Gasteiger partial charge in [-0.1, -0.05) is 35.5 Å². The van der Waals surface area contributed by atoms with Crippen LogP contribution in [0.3, 0.4) is 0 Å². The first kappa shape index (κ1) is 18.5. The van der Waals surface area contributed by atoms with E-state index in [2.05, 4.69) is 25.8 Å². The van der Waals surface area contributed by atoms with E-state index >= 15 is 0 Å². The molecule has 0 amide bonds. The van der Waals surface area contributed by atoms with Gasteiger partial charge in [-0.15, -0.1) is 5.10 Å². The molecule has 1 aliphatic rings.